The molecule has 156 valence electrons. The van der Waals surface area contributed by atoms with Crippen LogP contribution in [0, 0.1) is 10.1 Å². The number of rotatable bonds is 9. The number of carboxylic acid groups (broad SMARTS) is 1. The van der Waals surface area contributed by atoms with Crippen LogP contribution < -0.4 is 10.0 Å². The van der Waals surface area contributed by atoms with Gasteiger partial charge >= 0.3 is 12.1 Å². The number of carboxylic acids is 1. The number of nitrogens with one attached hydrogen (secondary N) is 2. The average molecular weight is 417 g/mol. The molecule has 3 N–H and O–H groups in total. The van der Waals surface area contributed by atoms with Crippen molar-refractivity contribution in [3.63, 3.8) is 0 Å². The van der Waals surface area contributed by atoms with Gasteiger partial charge in [-0.3, -0.25) is 14.9 Å². The lowest BCUT2D eigenvalue weighted by Gasteiger charge is -2.20. The van der Waals surface area contributed by atoms with Crippen LogP contribution in [0.25, 0.3) is 0 Å². The fourth-order valence-corrected chi connectivity index (χ4v) is 3.53. The first kappa shape index (κ1) is 23.3. The molecule has 0 spiro atoms. The molecule has 0 saturated carbocycles. The van der Waals surface area contributed by atoms with E-state index < -0.39 is 49.2 Å². The van der Waals surface area contributed by atoms with E-state index in [4.69, 9.17) is 4.74 Å². The number of amides is 1. The van der Waals surface area contributed by atoms with Crippen LogP contribution in [0.1, 0.15) is 33.6 Å². The van der Waals surface area contributed by atoms with E-state index in [9.17, 15) is 33.2 Å². The molecule has 1 rings (SSSR count). The molecule has 0 aliphatic carbocycles. The quantitative estimate of drug-likeness (QED) is 0.310. The van der Waals surface area contributed by atoms with Gasteiger partial charge in [0.1, 0.15) is 11.6 Å². The number of carbonyl (C=O) groups is 2. The van der Waals surface area contributed by atoms with E-state index in [2.05, 4.69) is 5.32 Å². The maximum absolute atomic E-state index is 12.4. The summed E-state index contributed by atoms with van der Waals surface area (Å²) < 4.78 is 31.8. The summed E-state index contributed by atoms with van der Waals surface area (Å²) in [5, 5.41) is 22.7. The Kier molecular flexibility index (Phi) is 7.88. The van der Waals surface area contributed by atoms with Gasteiger partial charge in [0.05, 0.1) is 4.92 Å². The summed E-state index contributed by atoms with van der Waals surface area (Å²) in [6.07, 6.45) is -0.694. The zero-order chi connectivity index (χ0) is 21.5. The van der Waals surface area contributed by atoms with E-state index >= 15 is 0 Å². The van der Waals surface area contributed by atoms with Gasteiger partial charge in [0.2, 0.25) is 10.0 Å². The molecule has 1 aromatic carbocycles. The molecule has 0 aliphatic rings. The molecule has 1 aromatic rings. The largest absolute Gasteiger partial charge is 0.480 e. The van der Waals surface area contributed by atoms with Crippen LogP contribution in [0.3, 0.4) is 0 Å². The van der Waals surface area contributed by atoms with Crippen molar-refractivity contribution in [3.05, 3.63) is 34.4 Å². The number of alkyl carbamates (subject to hydrolysis) is 1. The second kappa shape index (κ2) is 9.46. The molecule has 0 fully saturated rings. The number of para-hydroxylation sites is 1. The molecular weight excluding hydrogens is 394 g/mol. The van der Waals surface area contributed by atoms with Gasteiger partial charge in [-0.1, -0.05) is 12.1 Å². The number of carbonyl (C=O) groups excluding carboxylic acids is 1. The lowest BCUT2D eigenvalue weighted by atomic mass is 10.2. The summed E-state index contributed by atoms with van der Waals surface area (Å²) in [6, 6.07) is 3.10. The lowest BCUT2D eigenvalue weighted by molar-refractivity contribution is -0.387. The van der Waals surface area contributed by atoms with E-state index in [1.807, 2.05) is 4.72 Å². The topological polar surface area (TPSA) is 165 Å². The summed E-state index contributed by atoms with van der Waals surface area (Å²) >= 11 is 0. The monoisotopic (exact) mass is 417 g/mol. The van der Waals surface area contributed by atoms with Crippen molar-refractivity contribution in [1.29, 1.82) is 0 Å². The highest BCUT2D eigenvalue weighted by molar-refractivity contribution is 7.89. The number of hydrogen-bond acceptors (Lipinski definition) is 7. The molecule has 0 saturated heterocycles. The predicted molar refractivity (Wildman–Crippen MR) is 98.3 cm³/mol. The Bertz CT molecular complexity index is 833. The summed E-state index contributed by atoms with van der Waals surface area (Å²) in [5.74, 6) is -1.44. The Morgan fingerprint density at radius 1 is 1.29 bits per heavy atom. The van der Waals surface area contributed by atoms with Crippen LogP contribution in [0.15, 0.2) is 29.2 Å². The van der Waals surface area contributed by atoms with E-state index in [0.717, 1.165) is 12.1 Å². The van der Waals surface area contributed by atoms with Crippen LogP contribution in [0.5, 0.6) is 0 Å². The van der Waals surface area contributed by atoms with Gasteiger partial charge < -0.3 is 15.2 Å². The second-order valence-corrected chi connectivity index (χ2v) is 8.49. The molecule has 0 heterocycles. The molecule has 1 amide bonds. The first-order chi connectivity index (χ1) is 12.8. The highest BCUT2D eigenvalue weighted by Crippen LogP contribution is 2.23. The molecule has 12 heteroatoms. The zero-order valence-electron chi connectivity index (χ0n) is 15.7. The van der Waals surface area contributed by atoms with Gasteiger partial charge in [-0.15, -0.1) is 0 Å². The number of benzene rings is 1. The number of hydrogen-bond donors (Lipinski definition) is 3. The maximum atomic E-state index is 12.4. The van der Waals surface area contributed by atoms with Crippen molar-refractivity contribution in [1.82, 2.24) is 10.0 Å². The zero-order valence-corrected chi connectivity index (χ0v) is 16.5. The number of ether oxygens (including phenoxy) is 1. The van der Waals surface area contributed by atoms with Crippen molar-refractivity contribution in [3.8, 4) is 0 Å². The molecule has 0 radical (unpaired) electrons. The molecule has 0 aromatic heterocycles. The molecule has 0 aliphatic heterocycles. The second-order valence-electron chi connectivity index (χ2n) is 6.81. The highest BCUT2D eigenvalue weighted by Gasteiger charge is 2.30. The lowest BCUT2D eigenvalue weighted by Crippen LogP contribution is -2.41. The van der Waals surface area contributed by atoms with Crippen LogP contribution in [0.4, 0.5) is 10.5 Å². The van der Waals surface area contributed by atoms with Gasteiger partial charge in [0, 0.05) is 12.6 Å². The fraction of sp³-hybridized carbons (Fsp3) is 0.500. The minimum absolute atomic E-state index is 0.0614. The summed E-state index contributed by atoms with van der Waals surface area (Å²) in [7, 11) is -4.44. The van der Waals surface area contributed by atoms with Crippen molar-refractivity contribution in [2.45, 2.75) is 50.2 Å². The third-order valence-electron chi connectivity index (χ3n) is 3.28. The Labute approximate surface area is 162 Å². The van der Waals surface area contributed by atoms with E-state index in [1.54, 1.807) is 20.8 Å². The van der Waals surface area contributed by atoms with Gasteiger partial charge in [-0.05, 0) is 39.7 Å². The Morgan fingerprint density at radius 2 is 1.89 bits per heavy atom. The number of sulfonamides is 1. The maximum Gasteiger partial charge on any atom is 0.407 e. The Morgan fingerprint density at radius 3 is 2.43 bits per heavy atom. The van der Waals surface area contributed by atoms with E-state index in [1.165, 1.54) is 12.1 Å². The molecular formula is C16H23N3O8S. The highest BCUT2D eigenvalue weighted by atomic mass is 32.2. The standard InChI is InChI=1S/C16H23N3O8S/c1-16(2,3)27-15(22)17-10-6-7-11(14(20)21)18-28(25,26)13-9-5-4-8-12(13)19(23)24/h4-5,8-9,11,18H,6-7,10H2,1-3H3,(H,17,22)(H,20,21)/t11-/m0/s1. The summed E-state index contributed by atoms with van der Waals surface area (Å²) in [6.45, 7) is 5.12. The number of aliphatic carboxylic acids is 1. The first-order valence-corrected chi connectivity index (χ1v) is 9.77. The predicted octanol–water partition coefficient (Wildman–Crippen LogP) is 1.63. The summed E-state index contributed by atoms with van der Waals surface area (Å²) in [5.41, 5.74) is -1.35. The molecule has 0 bridgehead atoms. The Hall–Kier alpha value is -2.73. The minimum Gasteiger partial charge on any atom is -0.480 e. The third kappa shape index (κ3) is 7.48. The van der Waals surface area contributed by atoms with Gasteiger partial charge in [0.25, 0.3) is 5.69 Å². The normalized spacial score (nSPS) is 12.8. The number of nitrogens with zero attached hydrogens (tertiary/aromatic N) is 1. The molecule has 11 nitrogen and oxygen atoms in total. The van der Waals surface area contributed by atoms with Gasteiger partial charge in [-0.2, -0.15) is 4.72 Å². The van der Waals surface area contributed by atoms with Crippen molar-refractivity contribution in [2.24, 2.45) is 0 Å². The SMILES string of the molecule is CC(C)(C)OC(=O)NCCC[C@H](NS(=O)(=O)c1ccccc1[N+](=O)[O-])C(=O)O. The van der Waals surface area contributed by atoms with Crippen LogP contribution in [-0.4, -0.2) is 48.7 Å². The van der Waals surface area contributed by atoms with Crippen LogP contribution in [-0.2, 0) is 19.6 Å². The third-order valence-corrected chi connectivity index (χ3v) is 4.80. The van der Waals surface area contributed by atoms with E-state index in [-0.39, 0.29) is 19.4 Å². The summed E-state index contributed by atoms with van der Waals surface area (Å²) in [4.78, 5) is 32.4. The van der Waals surface area contributed by atoms with Gasteiger partial charge in [-0.25, -0.2) is 13.2 Å². The van der Waals surface area contributed by atoms with Crippen molar-refractivity contribution >= 4 is 27.8 Å². The average Bonchev–Trinajstić information content (AvgIpc) is 2.55. The Balaban J connectivity index is 2.74. The number of nitro groups is 1. The van der Waals surface area contributed by atoms with Crippen LogP contribution in [0.2, 0.25) is 0 Å². The molecule has 0 unspecified atom stereocenters. The van der Waals surface area contributed by atoms with Gasteiger partial charge in [0.15, 0.2) is 4.90 Å². The smallest absolute Gasteiger partial charge is 0.407 e. The van der Waals surface area contributed by atoms with E-state index in [0.29, 0.717) is 0 Å². The fourth-order valence-electron chi connectivity index (χ4n) is 2.13. The number of nitro benzene ring substituents is 1. The minimum atomic E-state index is -4.44. The molecule has 1 atom stereocenters. The van der Waals surface area contributed by atoms with Crippen molar-refractivity contribution < 1.29 is 32.8 Å². The van der Waals surface area contributed by atoms with Crippen LogP contribution >= 0.6 is 0 Å². The molecule has 28 heavy (non-hydrogen) atoms. The van der Waals surface area contributed by atoms with Crippen molar-refractivity contribution in [2.75, 3.05) is 6.54 Å². The first-order valence-electron chi connectivity index (χ1n) is 8.29.